The second-order valence-corrected chi connectivity index (χ2v) is 6.67. The van der Waals surface area contributed by atoms with E-state index in [0.717, 1.165) is 5.56 Å². The van der Waals surface area contributed by atoms with Gasteiger partial charge in [0.15, 0.2) is 23.2 Å². The number of amidine groups is 1. The number of phenolic OH excluding ortho intramolecular Hbond substituents is 1. The number of aliphatic imine (C=N–C) groups is 1. The summed E-state index contributed by atoms with van der Waals surface area (Å²) in [6.45, 7) is 2.05. The molecule has 31 heavy (non-hydrogen) atoms. The van der Waals surface area contributed by atoms with Gasteiger partial charge in [0, 0.05) is 17.8 Å². The van der Waals surface area contributed by atoms with Gasteiger partial charge in [-0.25, -0.2) is 38.4 Å². The Labute approximate surface area is 173 Å². The van der Waals surface area contributed by atoms with Gasteiger partial charge in [0.05, 0.1) is 0 Å². The number of nitrogens with one attached hydrogen (secondary N) is 2. The average Bonchev–Trinajstić information content (AvgIpc) is 3.24. The van der Waals surface area contributed by atoms with E-state index >= 15 is 0 Å². The van der Waals surface area contributed by atoms with Crippen LogP contribution in [0.15, 0.2) is 41.4 Å². The molecule has 0 bridgehead atoms. The normalized spacial score (nSPS) is 15.5. The molecule has 0 radical (unpaired) electrons. The van der Waals surface area contributed by atoms with Crippen molar-refractivity contribution in [1.82, 2.24) is 15.4 Å². The van der Waals surface area contributed by atoms with Crippen LogP contribution < -0.4 is 10.8 Å². The number of aromatic hydroxyl groups is 1. The summed E-state index contributed by atoms with van der Waals surface area (Å²) >= 11 is 0. The molecule has 160 valence electrons. The fraction of sp³-hybridized carbons (Fsp3) is 0.150. The third-order valence-corrected chi connectivity index (χ3v) is 4.40. The number of hydrogen-bond acceptors (Lipinski definition) is 7. The van der Waals surface area contributed by atoms with Crippen LogP contribution in [0.5, 0.6) is 5.75 Å². The molecule has 2 heterocycles. The molecule has 3 N–H and O–H groups in total. The number of aromatic nitrogens is 2. The lowest BCUT2D eigenvalue weighted by molar-refractivity contribution is 0.0347. The Morgan fingerprint density at radius 2 is 1.81 bits per heavy atom. The van der Waals surface area contributed by atoms with Crippen LogP contribution in [0, 0.1) is 30.2 Å². The first kappa shape index (κ1) is 20.5. The van der Waals surface area contributed by atoms with Gasteiger partial charge < -0.3 is 10.4 Å². The Bertz CT molecular complexity index is 1170. The van der Waals surface area contributed by atoms with E-state index < -0.39 is 35.0 Å². The number of phenols is 1. The zero-order chi connectivity index (χ0) is 22.1. The Balaban J connectivity index is 1.57. The molecule has 0 aliphatic carbocycles. The SMILES string of the molecule is Cc1cc(C2=NC(c3cc(F)c(O)c(F)c3F)ON2)nc(NCc2ccc(F)cc2)n1. The van der Waals surface area contributed by atoms with E-state index in [1.807, 2.05) is 0 Å². The summed E-state index contributed by atoms with van der Waals surface area (Å²) in [5, 5.41) is 12.2. The summed E-state index contributed by atoms with van der Waals surface area (Å²) in [4.78, 5) is 17.8. The maximum Gasteiger partial charge on any atom is 0.223 e. The van der Waals surface area contributed by atoms with Gasteiger partial charge in [-0.2, -0.15) is 4.39 Å². The highest BCUT2D eigenvalue weighted by atomic mass is 19.2. The second-order valence-electron chi connectivity index (χ2n) is 6.67. The number of hydrogen-bond donors (Lipinski definition) is 3. The third kappa shape index (κ3) is 4.26. The average molecular weight is 433 g/mol. The summed E-state index contributed by atoms with van der Waals surface area (Å²) in [5.41, 5.74) is 3.59. The molecule has 2 aromatic carbocycles. The summed E-state index contributed by atoms with van der Waals surface area (Å²) in [5.74, 6) is -5.97. The van der Waals surface area contributed by atoms with E-state index in [0.29, 0.717) is 18.3 Å². The predicted molar refractivity (Wildman–Crippen MR) is 102 cm³/mol. The molecule has 11 heteroatoms. The highest BCUT2D eigenvalue weighted by Gasteiger charge is 2.29. The Hall–Kier alpha value is -3.73. The summed E-state index contributed by atoms with van der Waals surface area (Å²) in [6, 6.07) is 8.09. The lowest BCUT2D eigenvalue weighted by atomic mass is 10.1. The Kier molecular flexibility index (Phi) is 5.42. The molecule has 3 aromatic rings. The highest BCUT2D eigenvalue weighted by molar-refractivity contribution is 5.97. The molecule has 0 amide bonds. The molecule has 1 aliphatic heterocycles. The van der Waals surface area contributed by atoms with Crippen molar-refractivity contribution in [3.63, 3.8) is 0 Å². The molecule has 0 saturated heterocycles. The van der Waals surface area contributed by atoms with Crippen molar-refractivity contribution < 1.29 is 27.5 Å². The number of aryl methyl sites for hydroxylation is 1. The van der Waals surface area contributed by atoms with Crippen LogP contribution in [0.25, 0.3) is 0 Å². The molecule has 1 aromatic heterocycles. The molecule has 1 atom stereocenters. The lowest BCUT2D eigenvalue weighted by Gasteiger charge is -2.09. The first-order valence-corrected chi connectivity index (χ1v) is 9.02. The topological polar surface area (TPSA) is 91.7 Å². The van der Waals surface area contributed by atoms with Gasteiger partial charge in [0.25, 0.3) is 0 Å². The smallest absolute Gasteiger partial charge is 0.223 e. The minimum absolute atomic E-state index is 0.0913. The maximum atomic E-state index is 14.1. The predicted octanol–water partition coefficient (Wildman–Crippen LogP) is 3.64. The first-order valence-electron chi connectivity index (χ1n) is 9.02. The summed E-state index contributed by atoms with van der Waals surface area (Å²) in [7, 11) is 0. The van der Waals surface area contributed by atoms with Crippen LogP contribution in [0.2, 0.25) is 0 Å². The van der Waals surface area contributed by atoms with E-state index in [-0.39, 0.29) is 23.3 Å². The van der Waals surface area contributed by atoms with E-state index in [4.69, 9.17) is 9.94 Å². The van der Waals surface area contributed by atoms with Crippen molar-refractivity contribution >= 4 is 11.8 Å². The fourth-order valence-electron chi connectivity index (χ4n) is 2.87. The van der Waals surface area contributed by atoms with Gasteiger partial charge in [-0.1, -0.05) is 12.1 Å². The number of halogens is 4. The Morgan fingerprint density at radius 3 is 2.55 bits per heavy atom. The van der Waals surface area contributed by atoms with E-state index in [9.17, 15) is 17.6 Å². The van der Waals surface area contributed by atoms with Gasteiger partial charge in [0.1, 0.15) is 11.5 Å². The fourth-order valence-corrected chi connectivity index (χ4v) is 2.87. The zero-order valence-corrected chi connectivity index (χ0v) is 16.0. The van der Waals surface area contributed by atoms with Crippen molar-refractivity contribution in [2.75, 3.05) is 5.32 Å². The molecule has 7 nitrogen and oxygen atoms in total. The van der Waals surface area contributed by atoms with Crippen LogP contribution in [0.3, 0.4) is 0 Å². The monoisotopic (exact) mass is 433 g/mol. The largest absolute Gasteiger partial charge is 0.503 e. The highest BCUT2D eigenvalue weighted by Crippen LogP contribution is 2.32. The number of hydroxylamine groups is 1. The van der Waals surface area contributed by atoms with Gasteiger partial charge in [-0.3, -0.25) is 0 Å². The van der Waals surface area contributed by atoms with Gasteiger partial charge in [-0.15, -0.1) is 0 Å². The molecule has 0 fully saturated rings. The lowest BCUT2D eigenvalue weighted by Crippen LogP contribution is -2.20. The van der Waals surface area contributed by atoms with Crippen LogP contribution in [0.4, 0.5) is 23.5 Å². The second kappa shape index (κ2) is 8.19. The van der Waals surface area contributed by atoms with Gasteiger partial charge in [0.2, 0.25) is 18.0 Å². The summed E-state index contributed by atoms with van der Waals surface area (Å²) in [6.07, 6.45) is -1.40. The van der Waals surface area contributed by atoms with Crippen LogP contribution in [-0.4, -0.2) is 20.9 Å². The molecule has 0 spiro atoms. The standard InChI is InChI=1S/C20H15F4N5O2/c1-9-6-14(27-20(26-9)25-8-10-2-4-11(21)5-3-10)18-28-19(31-29-18)12-7-13(22)17(30)16(24)15(12)23/h2-7,19,30H,8H2,1H3,(H,28,29)(H,25,26,27). The number of benzene rings is 2. The van der Waals surface area contributed by atoms with Crippen molar-refractivity contribution in [1.29, 1.82) is 0 Å². The van der Waals surface area contributed by atoms with Crippen molar-refractivity contribution in [3.05, 3.63) is 82.2 Å². The van der Waals surface area contributed by atoms with Crippen molar-refractivity contribution in [2.45, 2.75) is 19.7 Å². The van der Waals surface area contributed by atoms with Crippen molar-refractivity contribution in [2.24, 2.45) is 4.99 Å². The first-order chi connectivity index (χ1) is 14.8. The molecule has 1 unspecified atom stereocenters. The third-order valence-electron chi connectivity index (χ3n) is 4.40. The minimum atomic E-state index is -1.73. The van der Waals surface area contributed by atoms with E-state index in [1.54, 1.807) is 25.1 Å². The molecular weight excluding hydrogens is 418 g/mol. The molecular formula is C20H15F4N5O2. The van der Waals surface area contributed by atoms with E-state index in [1.165, 1.54) is 12.1 Å². The van der Waals surface area contributed by atoms with E-state index in [2.05, 4.69) is 25.8 Å². The number of anilines is 1. The zero-order valence-electron chi connectivity index (χ0n) is 16.0. The maximum absolute atomic E-state index is 14.1. The van der Waals surface area contributed by atoms with Crippen molar-refractivity contribution in [3.8, 4) is 5.75 Å². The number of nitrogens with zero attached hydrogens (tertiary/aromatic N) is 3. The minimum Gasteiger partial charge on any atom is -0.503 e. The quantitative estimate of drug-likeness (QED) is 0.421. The molecule has 1 aliphatic rings. The molecule has 0 saturated carbocycles. The van der Waals surface area contributed by atoms with Crippen LogP contribution in [-0.2, 0) is 11.4 Å². The summed E-state index contributed by atoms with van der Waals surface area (Å²) < 4.78 is 54.4. The Morgan fingerprint density at radius 1 is 1.06 bits per heavy atom. The van der Waals surface area contributed by atoms with Gasteiger partial charge >= 0.3 is 0 Å². The van der Waals surface area contributed by atoms with Crippen LogP contribution in [0.1, 0.15) is 28.7 Å². The van der Waals surface area contributed by atoms with Gasteiger partial charge in [-0.05, 0) is 36.8 Å². The number of rotatable bonds is 5. The molecule has 4 rings (SSSR count). The van der Waals surface area contributed by atoms with Crippen LogP contribution >= 0.6 is 0 Å².